The number of benzene rings is 1. The molecule has 0 bridgehead atoms. The summed E-state index contributed by atoms with van der Waals surface area (Å²) in [5.74, 6) is 1.36. The maximum atomic E-state index is 13.1. The molecule has 1 aromatic carbocycles. The minimum absolute atomic E-state index is 0.0210. The molecule has 2 aliphatic rings. The number of anilines is 1. The Labute approximate surface area is 227 Å². The predicted molar refractivity (Wildman–Crippen MR) is 151 cm³/mol. The highest BCUT2D eigenvalue weighted by atomic mass is 16.2. The number of likely N-dealkylation sites (tertiary alicyclic amines) is 1. The van der Waals surface area contributed by atoms with Crippen molar-refractivity contribution in [2.75, 3.05) is 32.5 Å². The zero-order valence-corrected chi connectivity index (χ0v) is 22.1. The number of allylic oxidation sites excluding steroid dienone is 1. The van der Waals surface area contributed by atoms with E-state index in [1.807, 2.05) is 54.2 Å². The fourth-order valence-electron chi connectivity index (χ4n) is 4.88. The third-order valence-electron chi connectivity index (χ3n) is 6.74. The van der Waals surface area contributed by atoms with Gasteiger partial charge >= 0.3 is 0 Å². The summed E-state index contributed by atoms with van der Waals surface area (Å²) in [6, 6.07) is 12.4. The van der Waals surface area contributed by atoms with E-state index in [1.165, 1.54) is 0 Å². The van der Waals surface area contributed by atoms with Crippen LogP contribution in [0.2, 0.25) is 0 Å². The summed E-state index contributed by atoms with van der Waals surface area (Å²) in [6.07, 6.45) is 10.5. The molecule has 3 aromatic rings. The molecule has 0 radical (unpaired) electrons. The van der Waals surface area contributed by atoms with Gasteiger partial charge in [0.05, 0.1) is 11.7 Å². The average molecular weight is 525 g/mol. The van der Waals surface area contributed by atoms with Crippen molar-refractivity contribution in [1.29, 1.82) is 0 Å². The fourth-order valence-corrected chi connectivity index (χ4v) is 4.88. The van der Waals surface area contributed by atoms with Crippen LogP contribution in [-0.2, 0) is 11.3 Å². The smallest absolute Gasteiger partial charge is 0.256 e. The van der Waals surface area contributed by atoms with E-state index in [-0.39, 0.29) is 17.9 Å². The van der Waals surface area contributed by atoms with Crippen LogP contribution in [0.4, 0.5) is 5.82 Å². The Morgan fingerprint density at radius 1 is 1.18 bits per heavy atom. The minimum atomic E-state index is -0.252. The predicted octanol–water partition coefficient (Wildman–Crippen LogP) is 3.21. The van der Waals surface area contributed by atoms with Crippen LogP contribution in [0.15, 0.2) is 78.1 Å². The molecule has 10 nitrogen and oxygen atoms in total. The first-order chi connectivity index (χ1) is 18.9. The molecular formula is C29H32N8O2. The van der Waals surface area contributed by atoms with Gasteiger partial charge in [-0.3, -0.25) is 9.59 Å². The zero-order chi connectivity index (χ0) is 27.4. The van der Waals surface area contributed by atoms with E-state index in [2.05, 4.69) is 19.9 Å². The van der Waals surface area contributed by atoms with Gasteiger partial charge in [0.25, 0.3) is 5.91 Å². The number of rotatable bonds is 7. The zero-order valence-electron chi connectivity index (χ0n) is 22.1. The Bertz CT molecular complexity index is 1440. The number of carbonyl (C=O) groups excluding carboxylic acids is 2. The Kier molecular flexibility index (Phi) is 7.64. The monoisotopic (exact) mass is 524 g/mol. The van der Waals surface area contributed by atoms with Crippen molar-refractivity contribution in [3.05, 3.63) is 90.2 Å². The topological polar surface area (TPSA) is 122 Å². The van der Waals surface area contributed by atoms with Crippen molar-refractivity contribution in [3.8, 4) is 11.3 Å². The van der Waals surface area contributed by atoms with E-state index in [0.29, 0.717) is 48.2 Å². The highest BCUT2D eigenvalue weighted by Crippen LogP contribution is 2.36. The average Bonchev–Trinajstić information content (AvgIpc) is 3.52. The number of carbonyl (C=O) groups is 2. The van der Waals surface area contributed by atoms with E-state index in [4.69, 9.17) is 10.7 Å². The first kappa shape index (κ1) is 26.1. The minimum Gasteiger partial charge on any atom is -0.382 e. The molecule has 5 rings (SSSR count). The lowest BCUT2D eigenvalue weighted by atomic mass is 10.1. The van der Waals surface area contributed by atoms with E-state index in [0.717, 1.165) is 24.2 Å². The van der Waals surface area contributed by atoms with Crippen molar-refractivity contribution in [2.45, 2.75) is 25.4 Å². The van der Waals surface area contributed by atoms with Crippen LogP contribution in [-0.4, -0.2) is 69.2 Å². The quantitative estimate of drug-likeness (QED) is 0.458. The van der Waals surface area contributed by atoms with Gasteiger partial charge in [-0.15, -0.1) is 0 Å². The first-order valence-electron chi connectivity index (χ1n) is 13.0. The third-order valence-corrected chi connectivity index (χ3v) is 6.74. The van der Waals surface area contributed by atoms with Crippen molar-refractivity contribution in [2.24, 2.45) is 10.7 Å². The molecule has 2 amide bonds. The molecule has 2 aliphatic heterocycles. The number of nitrogens with zero attached hydrogens (tertiary/aromatic N) is 6. The Morgan fingerprint density at radius 2 is 2.00 bits per heavy atom. The van der Waals surface area contributed by atoms with Gasteiger partial charge in [0.2, 0.25) is 5.91 Å². The molecule has 1 fully saturated rings. The lowest BCUT2D eigenvalue weighted by Gasteiger charge is -2.24. The summed E-state index contributed by atoms with van der Waals surface area (Å²) < 4.78 is 2.05. The largest absolute Gasteiger partial charge is 0.382 e. The van der Waals surface area contributed by atoms with Crippen LogP contribution in [0.5, 0.6) is 0 Å². The second-order valence-electron chi connectivity index (χ2n) is 9.78. The van der Waals surface area contributed by atoms with Gasteiger partial charge in [-0.1, -0.05) is 24.3 Å². The van der Waals surface area contributed by atoms with E-state index < -0.39 is 0 Å². The number of aromatic nitrogens is 3. The van der Waals surface area contributed by atoms with Gasteiger partial charge in [0, 0.05) is 49.2 Å². The number of amidine groups is 1. The molecule has 3 N–H and O–H groups in total. The highest BCUT2D eigenvalue weighted by molar-refractivity contribution is 6.05. The molecule has 1 atom stereocenters. The van der Waals surface area contributed by atoms with E-state index in [1.54, 1.807) is 42.7 Å². The number of likely N-dealkylation sites (N-methyl/N-ethyl adjacent to an activating group) is 1. The summed E-state index contributed by atoms with van der Waals surface area (Å²) in [4.78, 5) is 43.3. The SMILES string of the molecule is CN(C)C/C=C/C(=O)N1CCC[C@H]1c1nc(-c2ccc(C(=O)Nc3ccccn3)cc2)c2n1CC=CN=C2N. The van der Waals surface area contributed by atoms with Crippen LogP contribution >= 0.6 is 0 Å². The van der Waals surface area contributed by atoms with Crippen molar-refractivity contribution >= 4 is 23.5 Å². The Morgan fingerprint density at radius 3 is 2.74 bits per heavy atom. The maximum absolute atomic E-state index is 13.1. The number of nitrogens with one attached hydrogen (secondary N) is 1. The van der Waals surface area contributed by atoms with Crippen molar-refractivity contribution in [3.63, 3.8) is 0 Å². The van der Waals surface area contributed by atoms with Gasteiger partial charge in [0.15, 0.2) is 0 Å². The van der Waals surface area contributed by atoms with Crippen molar-refractivity contribution in [1.82, 2.24) is 24.3 Å². The summed E-state index contributed by atoms with van der Waals surface area (Å²) in [5.41, 5.74) is 9.11. The molecular weight excluding hydrogens is 492 g/mol. The molecule has 1 saturated heterocycles. The first-order valence-corrected chi connectivity index (χ1v) is 13.0. The summed E-state index contributed by atoms with van der Waals surface area (Å²) in [7, 11) is 3.93. The number of fused-ring (bicyclic) bond motifs is 1. The van der Waals surface area contributed by atoms with Crippen LogP contribution in [0, 0.1) is 0 Å². The number of nitrogens with two attached hydrogens (primary N) is 1. The van der Waals surface area contributed by atoms with Gasteiger partial charge in [-0.25, -0.2) is 15.0 Å². The van der Waals surface area contributed by atoms with Gasteiger partial charge in [-0.05, 0) is 57.3 Å². The number of amides is 2. The van der Waals surface area contributed by atoms with Crippen LogP contribution in [0.3, 0.4) is 0 Å². The Balaban J connectivity index is 1.46. The fraction of sp³-hybridized carbons (Fsp3) is 0.276. The molecule has 2 aromatic heterocycles. The molecule has 0 saturated carbocycles. The third kappa shape index (κ3) is 5.65. The molecule has 10 heteroatoms. The second kappa shape index (κ2) is 11.4. The number of pyridine rings is 1. The standard InChI is InChI=1S/C29H32N8O2/c1-35(2)17-6-10-24(38)36-18-5-8-22(36)28-34-25(26-27(30)32-16-7-19-37(26)28)20-11-13-21(14-12-20)29(39)33-23-9-3-4-15-31-23/h3-4,6-7,9-16,22H,5,8,17-19H2,1-2H3,(H2,30,32)(H,31,33,39)/b10-6+/t22-/m0/s1. The molecule has 0 unspecified atom stereocenters. The number of hydrogen-bond donors (Lipinski definition) is 2. The second-order valence-corrected chi connectivity index (χ2v) is 9.78. The molecule has 4 heterocycles. The van der Waals surface area contributed by atoms with Gasteiger partial charge < -0.3 is 25.4 Å². The van der Waals surface area contributed by atoms with Crippen LogP contribution in [0.25, 0.3) is 11.3 Å². The molecule has 39 heavy (non-hydrogen) atoms. The van der Waals surface area contributed by atoms with E-state index >= 15 is 0 Å². The highest BCUT2D eigenvalue weighted by Gasteiger charge is 2.35. The summed E-state index contributed by atoms with van der Waals surface area (Å²) >= 11 is 0. The van der Waals surface area contributed by atoms with Gasteiger partial charge in [0.1, 0.15) is 23.2 Å². The van der Waals surface area contributed by atoms with Crippen LogP contribution < -0.4 is 11.1 Å². The normalized spacial score (nSPS) is 16.8. The van der Waals surface area contributed by atoms with E-state index in [9.17, 15) is 9.59 Å². The lowest BCUT2D eigenvalue weighted by molar-refractivity contribution is -0.127. The van der Waals surface area contributed by atoms with Crippen molar-refractivity contribution < 1.29 is 9.59 Å². The molecule has 0 aliphatic carbocycles. The molecule has 0 spiro atoms. The number of hydrogen-bond acceptors (Lipinski definition) is 7. The number of aliphatic imine (C=N–C) groups is 1. The molecule has 200 valence electrons. The van der Waals surface area contributed by atoms with Gasteiger partial charge in [-0.2, -0.15) is 0 Å². The summed E-state index contributed by atoms with van der Waals surface area (Å²) in [5, 5.41) is 2.80. The maximum Gasteiger partial charge on any atom is 0.256 e. The summed E-state index contributed by atoms with van der Waals surface area (Å²) in [6.45, 7) is 1.91. The Hall–Kier alpha value is -4.57. The lowest BCUT2D eigenvalue weighted by Crippen LogP contribution is -2.31. The number of imidazole rings is 1. The van der Waals surface area contributed by atoms with Crippen LogP contribution in [0.1, 0.15) is 40.8 Å².